The second-order valence-corrected chi connectivity index (χ2v) is 3.59. The summed E-state index contributed by atoms with van der Waals surface area (Å²) in [5.74, 6) is 0. The molecule has 0 aromatic carbocycles. The van der Waals surface area contributed by atoms with E-state index >= 15 is 0 Å². The molecule has 0 saturated carbocycles. The first kappa shape index (κ1) is 7.32. The number of aryl methyl sites for hydroxylation is 1. The highest BCUT2D eigenvalue weighted by Crippen LogP contribution is 2.20. The van der Waals surface area contributed by atoms with Gasteiger partial charge in [0, 0.05) is 24.4 Å². The summed E-state index contributed by atoms with van der Waals surface area (Å²) < 4.78 is 1.92. The van der Waals surface area contributed by atoms with Crippen LogP contribution in [0.5, 0.6) is 0 Å². The summed E-state index contributed by atoms with van der Waals surface area (Å²) in [5.41, 5.74) is 1.48. The van der Waals surface area contributed by atoms with E-state index in [-0.39, 0.29) is 5.41 Å². The maximum Gasteiger partial charge on any atom is 0.0492 e. The van der Waals surface area contributed by atoms with E-state index in [9.17, 15) is 0 Å². The van der Waals surface area contributed by atoms with E-state index in [0.717, 1.165) is 0 Å². The molecule has 0 N–H and O–H groups in total. The van der Waals surface area contributed by atoms with Crippen LogP contribution in [0.4, 0.5) is 0 Å². The SMILES string of the molecule is Cn1nccc1C(C)(C)C. The van der Waals surface area contributed by atoms with Crippen LogP contribution in [0.25, 0.3) is 0 Å². The zero-order chi connectivity index (χ0) is 7.78. The normalized spacial score (nSPS) is 12.0. The van der Waals surface area contributed by atoms with Gasteiger partial charge in [-0.25, -0.2) is 0 Å². The Morgan fingerprint density at radius 1 is 1.40 bits per heavy atom. The van der Waals surface area contributed by atoms with Crippen molar-refractivity contribution in [1.82, 2.24) is 9.78 Å². The molecular formula is C8H14N2. The molecule has 2 heteroatoms. The molecule has 1 rings (SSSR count). The Labute approximate surface area is 61.9 Å². The van der Waals surface area contributed by atoms with Crippen LogP contribution in [0, 0.1) is 0 Å². The summed E-state index contributed by atoms with van der Waals surface area (Å²) in [6.45, 7) is 6.55. The molecule has 0 atom stereocenters. The summed E-state index contributed by atoms with van der Waals surface area (Å²) >= 11 is 0. The Hall–Kier alpha value is -0.790. The fourth-order valence-electron chi connectivity index (χ4n) is 1.11. The highest BCUT2D eigenvalue weighted by Gasteiger charge is 2.16. The van der Waals surface area contributed by atoms with Crippen LogP contribution in [-0.2, 0) is 12.5 Å². The van der Waals surface area contributed by atoms with Crippen LogP contribution in [0.1, 0.15) is 26.5 Å². The van der Waals surface area contributed by atoms with E-state index in [1.165, 1.54) is 5.69 Å². The fraction of sp³-hybridized carbons (Fsp3) is 0.625. The van der Waals surface area contributed by atoms with Crippen LogP contribution in [0.3, 0.4) is 0 Å². The molecule has 0 fully saturated rings. The average Bonchev–Trinajstić information content (AvgIpc) is 2.11. The van der Waals surface area contributed by atoms with Gasteiger partial charge in [-0.3, -0.25) is 4.68 Å². The van der Waals surface area contributed by atoms with Gasteiger partial charge in [0.25, 0.3) is 0 Å². The zero-order valence-corrected chi connectivity index (χ0v) is 7.05. The van der Waals surface area contributed by atoms with Crippen LogP contribution in [0.2, 0.25) is 0 Å². The first-order chi connectivity index (χ1) is 4.52. The van der Waals surface area contributed by atoms with Crippen molar-refractivity contribution in [1.29, 1.82) is 0 Å². The molecule has 0 aliphatic heterocycles. The van der Waals surface area contributed by atoms with E-state index in [1.54, 1.807) is 0 Å². The Bertz CT molecular complexity index is 217. The molecule has 0 spiro atoms. The topological polar surface area (TPSA) is 17.8 Å². The molecule has 0 radical (unpaired) electrons. The monoisotopic (exact) mass is 138 g/mol. The zero-order valence-electron chi connectivity index (χ0n) is 7.05. The lowest BCUT2D eigenvalue weighted by Crippen LogP contribution is -2.16. The van der Waals surface area contributed by atoms with Crippen molar-refractivity contribution in [2.75, 3.05) is 0 Å². The van der Waals surface area contributed by atoms with Crippen LogP contribution in [-0.4, -0.2) is 9.78 Å². The summed E-state index contributed by atoms with van der Waals surface area (Å²) in [6.07, 6.45) is 1.83. The maximum absolute atomic E-state index is 4.10. The largest absolute Gasteiger partial charge is 0.272 e. The van der Waals surface area contributed by atoms with Gasteiger partial charge in [0.1, 0.15) is 0 Å². The van der Waals surface area contributed by atoms with Gasteiger partial charge in [0.2, 0.25) is 0 Å². The van der Waals surface area contributed by atoms with Crippen LogP contribution < -0.4 is 0 Å². The molecule has 1 heterocycles. The molecule has 0 aliphatic carbocycles. The molecule has 10 heavy (non-hydrogen) atoms. The average molecular weight is 138 g/mol. The number of aromatic nitrogens is 2. The van der Waals surface area contributed by atoms with Crippen molar-refractivity contribution >= 4 is 0 Å². The standard InChI is InChI=1S/C8H14N2/c1-8(2,3)7-5-6-9-10(7)4/h5-6H,1-4H3. The van der Waals surface area contributed by atoms with Crippen molar-refractivity contribution in [2.24, 2.45) is 7.05 Å². The molecule has 2 nitrogen and oxygen atoms in total. The van der Waals surface area contributed by atoms with E-state index in [0.29, 0.717) is 0 Å². The van der Waals surface area contributed by atoms with Gasteiger partial charge >= 0.3 is 0 Å². The van der Waals surface area contributed by atoms with Crippen molar-refractivity contribution < 1.29 is 0 Å². The fourth-order valence-corrected chi connectivity index (χ4v) is 1.11. The number of hydrogen-bond donors (Lipinski definition) is 0. The third kappa shape index (κ3) is 1.20. The number of nitrogens with zero attached hydrogens (tertiary/aromatic N) is 2. The summed E-state index contributed by atoms with van der Waals surface area (Å²) in [6, 6.07) is 2.06. The first-order valence-electron chi connectivity index (χ1n) is 3.50. The van der Waals surface area contributed by atoms with E-state index in [1.807, 2.05) is 17.9 Å². The number of hydrogen-bond acceptors (Lipinski definition) is 1. The molecule has 0 unspecified atom stereocenters. The van der Waals surface area contributed by atoms with Crippen LogP contribution >= 0.6 is 0 Å². The van der Waals surface area contributed by atoms with Gasteiger partial charge in [-0.2, -0.15) is 5.10 Å². The van der Waals surface area contributed by atoms with E-state index in [2.05, 4.69) is 31.9 Å². The minimum absolute atomic E-state index is 0.214. The summed E-state index contributed by atoms with van der Waals surface area (Å²) in [4.78, 5) is 0. The summed E-state index contributed by atoms with van der Waals surface area (Å²) in [7, 11) is 1.97. The third-order valence-electron chi connectivity index (χ3n) is 1.59. The highest BCUT2D eigenvalue weighted by atomic mass is 15.3. The van der Waals surface area contributed by atoms with Gasteiger partial charge in [0.15, 0.2) is 0 Å². The van der Waals surface area contributed by atoms with Gasteiger partial charge in [0.05, 0.1) is 0 Å². The predicted octanol–water partition coefficient (Wildman–Crippen LogP) is 1.72. The first-order valence-corrected chi connectivity index (χ1v) is 3.50. The molecule has 0 saturated heterocycles. The van der Waals surface area contributed by atoms with Gasteiger partial charge in [-0.1, -0.05) is 20.8 Å². The minimum atomic E-state index is 0.214. The quantitative estimate of drug-likeness (QED) is 0.533. The smallest absolute Gasteiger partial charge is 0.0492 e. The Morgan fingerprint density at radius 2 is 2.00 bits per heavy atom. The van der Waals surface area contributed by atoms with Crippen molar-refractivity contribution in [3.63, 3.8) is 0 Å². The van der Waals surface area contributed by atoms with Crippen molar-refractivity contribution in [3.8, 4) is 0 Å². The number of rotatable bonds is 0. The van der Waals surface area contributed by atoms with E-state index < -0.39 is 0 Å². The molecule has 0 bridgehead atoms. The third-order valence-corrected chi connectivity index (χ3v) is 1.59. The molecule has 0 aliphatic rings. The van der Waals surface area contributed by atoms with E-state index in [4.69, 9.17) is 0 Å². The Kier molecular flexibility index (Phi) is 1.55. The second kappa shape index (κ2) is 2.11. The Balaban J connectivity index is 3.05. The van der Waals surface area contributed by atoms with Gasteiger partial charge in [-0.15, -0.1) is 0 Å². The molecule has 0 amide bonds. The molecular weight excluding hydrogens is 124 g/mol. The lowest BCUT2D eigenvalue weighted by molar-refractivity contribution is 0.523. The van der Waals surface area contributed by atoms with Gasteiger partial charge in [-0.05, 0) is 6.07 Å². The lowest BCUT2D eigenvalue weighted by Gasteiger charge is -2.17. The highest BCUT2D eigenvalue weighted by molar-refractivity contribution is 5.11. The van der Waals surface area contributed by atoms with Crippen molar-refractivity contribution in [3.05, 3.63) is 18.0 Å². The molecule has 56 valence electrons. The minimum Gasteiger partial charge on any atom is -0.272 e. The van der Waals surface area contributed by atoms with Crippen LogP contribution in [0.15, 0.2) is 12.3 Å². The molecule has 1 aromatic heterocycles. The Morgan fingerprint density at radius 3 is 2.20 bits per heavy atom. The van der Waals surface area contributed by atoms with Gasteiger partial charge < -0.3 is 0 Å². The predicted molar refractivity (Wildman–Crippen MR) is 41.9 cm³/mol. The second-order valence-electron chi connectivity index (χ2n) is 3.59. The van der Waals surface area contributed by atoms with Crippen molar-refractivity contribution in [2.45, 2.75) is 26.2 Å². The lowest BCUT2D eigenvalue weighted by atomic mass is 9.92. The summed E-state index contributed by atoms with van der Waals surface area (Å²) in [5, 5.41) is 4.10. The maximum atomic E-state index is 4.10. The molecule has 1 aromatic rings.